The van der Waals surface area contributed by atoms with Crippen molar-refractivity contribution < 1.29 is 4.79 Å². The van der Waals surface area contributed by atoms with Crippen molar-refractivity contribution in [1.82, 2.24) is 5.32 Å². The fraction of sp³-hybridized carbons (Fsp3) is 0.533. The molecule has 0 saturated heterocycles. The van der Waals surface area contributed by atoms with Gasteiger partial charge in [0.2, 0.25) is 0 Å². The second-order valence-electron chi connectivity index (χ2n) is 5.01. The van der Waals surface area contributed by atoms with Crippen molar-refractivity contribution in [3.8, 4) is 0 Å². The molecule has 1 rings (SSSR count). The van der Waals surface area contributed by atoms with E-state index in [0.29, 0.717) is 10.6 Å². The highest BCUT2D eigenvalue weighted by molar-refractivity contribution is 6.30. The molecule has 0 saturated carbocycles. The van der Waals surface area contributed by atoms with E-state index >= 15 is 0 Å². The lowest BCUT2D eigenvalue weighted by molar-refractivity contribution is 0.0953. The van der Waals surface area contributed by atoms with E-state index in [1.165, 1.54) is 19.3 Å². The summed E-state index contributed by atoms with van der Waals surface area (Å²) in [5, 5.41) is 3.58. The van der Waals surface area contributed by atoms with E-state index in [4.69, 9.17) is 11.6 Å². The Morgan fingerprint density at radius 2 is 1.83 bits per heavy atom. The third-order valence-corrected chi connectivity index (χ3v) is 3.10. The molecule has 0 radical (unpaired) electrons. The van der Waals surface area contributed by atoms with Gasteiger partial charge >= 0.3 is 0 Å². The van der Waals surface area contributed by atoms with E-state index in [1.54, 1.807) is 24.3 Å². The fourth-order valence-electron chi connectivity index (χ4n) is 1.76. The minimum absolute atomic E-state index is 0.0180. The number of hydrogen-bond acceptors (Lipinski definition) is 1. The highest BCUT2D eigenvalue weighted by Crippen LogP contribution is 2.10. The fourth-order valence-corrected chi connectivity index (χ4v) is 1.89. The number of carbonyl (C=O) groups excluding carboxylic acids is 1. The van der Waals surface area contributed by atoms with Crippen LogP contribution < -0.4 is 5.32 Å². The number of amides is 1. The van der Waals surface area contributed by atoms with Gasteiger partial charge in [-0.25, -0.2) is 0 Å². The lowest BCUT2D eigenvalue weighted by atomic mass is 10.1. The van der Waals surface area contributed by atoms with Gasteiger partial charge in [-0.3, -0.25) is 4.79 Å². The summed E-state index contributed by atoms with van der Waals surface area (Å²) < 4.78 is 0. The first-order valence-corrected chi connectivity index (χ1v) is 7.01. The monoisotopic (exact) mass is 267 g/mol. The summed E-state index contributed by atoms with van der Waals surface area (Å²) in [4.78, 5) is 11.7. The van der Waals surface area contributed by atoms with Crippen LogP contribution in [0, 0.1) is 5.92 Å². The molecule has 18 heavy (non-hydrogen) atoms. The summed E-state index contributed by atoms with van der Waals surface area (Å²) in [7, 11) is 0. The second-order valence-corrected chi connectivity index (χ2v) is 5.44. The van der Waals surface area contributed by atoms with Crippen LogP contribution in [0.2, 0.25) is 5.02 Å². The molecule has 1 N–H and O–H groups in total. The Labute approximate surface area is 115 Å². The largest absolute Gasteiger partial charge is 0.352 e. The first-order valence-electron chi connectivity index (χ1n) is 6.63. The average Bonchev–Trinajstić information content (AvgIpc) is 2.34. The molecule has 100 valence electrons. The zero-order chi connectivity index (χ0) is 13.4. The molecule has 1 amide bonds. The molecule has 0 aromatic heterocycles. The molecule has 0 bridgehead atoms. The van der Waals surface area contributed by atoms with E-state index in [0.717, 1.165) is 18.9 Å². The predicted octanol–water partition coefficient (Wildman–Crippen LogP) is 4.29. The van der Waals surface area contributed by atoms with Crippen LogP contribution in [-0.4, -0.2) is 12.5 Å². The lowest BCUT2D eigenvalue weighted by Crippen LogP contribution is -2.24. The molecule has 0 heterocycles. The van der Waals surface area contributed by atoms with Gasteiger partial charge in [-0.05, 0) is 36.6 Å². The van der Waals surface area contributed by atoms with Crippen LogP contribution in [0.25, 0.3) is 0 Å². The standard InChI is InChI=1S/C15H22ClNO/c1-12(2)6-4-3-5-11-17-15(18)13-7-9-14(16)10-8-13/h7-10,12H,3-6,11H2,1-2H3,(H,17,18). The topological polar surface area (TPSA) is 29.1 Å². The van der Waals surface area contributed by atoms with E-state index < -0.39 is 0 Å². The maximum Gasteiger partial charge on any atom is 0.251 e. The van der Waals surface area contributed by atoms with Crippen molar-refractivity contribution in [3.63, 3.8) is 0 Å². The van der Waals surface area contributed by atoms with Crippen LogP contribution in [0.15, 0.2) is 24.3 Å². The number of benzene rings is 1. The number of unbranched alkanes of at least 4 members (excludes halogenated alkanes) is 2. The Kier molecular flexibility index (Phi) is 6.81. The predicted molar refractivity (Wildman–Crippen MR) is 77.1 cm³/mol. The Morgan fingerprint density at radius 3 is 2.44 bits per heavy atom. The minimum Gasteiger partial charge on any atom is -0.352 e. The maximum atomic E-state index is 11.7. The van der Waals surface area contributed by atoms with Crippen molar-refractivity contribution in [3.05, 3.63) is 34.9 Å². The van der Waals surface area contributed by atoms with Crippen LogP contribution >= 0.6 is 11.6 Å². The van der Waals surface area contributed by atoms with Crippen molar-refractivity contribution in [2.75, 3.05) is 6.54 Å². The number of halogens is 1. The third kappa shape index (κ3) is 6.06. The van der Waals surface area contributed by atoms with Crippen LogP contribution in [0.1, 0.15) is 49.9 Å². The van der Waals surface area contributed by atoms with Gasteiger partial charge in [-0.15, -0.1) is 0 Å². The summed E-state index contributed by atoms with van der Waals surface area (Å²) in [5.41, 5.74) is 0.668. The van der Waals surface area contributed by atoms with Gasteiger partial charge in [0.1, 0.15) is 0 Å². The van der Waals surface area contributed by atoms with Crippen LogP contribution in [0.3, 0.4) is 0 Å². The van der Waals surface area contributed by atoms with Crippen molar-refractivity contribution in [2.45, 2.75) is 39.5 Å². The summed E-state index contributed by atoms with van der Waals surface area (Å²) in [5.74, 6) is 0.754. The van der Waals surface area contributed by atoms with E-state index in [-0.39, 0.29) is 5.91 Å². The van der Waals surface area contributed by atoms with Crippen LogP contribution in [0.4, 0.5) is 0 Å². The van der Waals surface area contributed by atoms with Gasteiger partial charge in [-0.2, -0.15) is 0 Å². The molecule has 0 spiro atoms. The van der Waals surface area contributed by atoms with Gasteiger partial charge < -0.3 is 5.32 Å². The average molecular weight is 268 g/mol. The molecule has 0 aliphatic carbocycles. The zero-order valence-corrected chi connectivity index (χ0v) is 12.0. The lowest BCUT2D eigenvalue weighted by Gasteiger charge is -2.06. The first-order chi connectivity index (χ1) is 8.59. The van der Waals surface area contributed by atoms with Gasteiger partial charge in [0, 0.05) is 17.1 Å². The molecule has 0 unspecified atom stereocenters. The number of hydrogen-bond donors (Lipinski definition) is 1. The molecule has 0 aliphatic heterocycles. The number of rotatable bonds is 7. The minimum atomic E-state index is -0.0180. The van der Waals surface area contributed by atoms with E-state index in [2.05, 4.69) is 19.2 Å². The molecule has 1 aromatic carbocycles. The molecule has 0 fully saturated rings. The molecule has 0 atom stereocenters. The van der Waals surface area contributed by atoms with Crippen LogP contribution in [0.5, 0.6) is 0 Å². The zero-order valence-electron chi connectivity index (χ0n) is 11.2. The highest BCUT2D eigenvalue weighted by Gasteiger charge is 2.03. The van der Waals surface area contributed by atoms with Gasteiger partial charge in [-0.1, -0.05) is 44.7 Å². The molecular weight excluding hydrogens is 246 g/mol. The Morgan fingerprint density at radius 1 is 1.17 bits per heavy atom. The molecule has 0 aliphatic rings. The summed E-state index contributed by atoms with van der Waals surface area (Å²) in [6, 6.07) is 6.96. The van der Waals surface area contributed by atoms with Crippen LogP contribution in [-0.2, 0) is 0 Å². The smallest absolute Gasteiger partial charge is 0.251 e. The Balaban J connectivity index is 2.16. The first kappa shape index (κ1) is 15.0. The molecule has 1 aromatic rings. The molecule has 3 heteroatoms. The maximum absolute atomic E-state index is 11.7. The molecular formula is C15H22ClNO. The molecule has 2 nitrogen and oxygen atoms in total. The Bertz CT molecular complexity index is 359. The third-order valence-electron chi connectivity index (χ3n) is 2.85. The van der Waals surface area contributed by atoms with Gasteiger partial charge in [0.25, 0.3) is 5.91 Å². The van der Waals surface area contributed by atoms with E-state index in [9.17, 15) is 4.79 Å². The second kappa shape index (κ2) is 8.15. The number of carbonyl (C=O) groups is 1. The quantitative estimate of drug-likeness (QED) is 0.734. The highest BCUT2D eigenvalue weighted by atomic mass is 35.5. The summed E-state index contributed by atoms with van der Waals surface area (Å²) in [6.45, 7) is 5.23. The van der Waals surface area contributed by atoms with Crippen molar-refractivity contribution in [1.29, 1.82) is 0 Å². The normalized spacial score (nSPS) is 10.7. The Hall–Kier alpha value is -1.02. The summed E-state index contributed by atoms with van der Waals surface area (Å²) in [6.07, 6.45) is 4.74. The van der Waals surface area contributed by atoms with Gasteiger partial charge in [0.05, 0.1) is 0 Å². The number of nitrogens with one attached hydrogen (secondary N) is 1. The summed E-state index contributed by atoms with van der Waals surface area (Å²) >= 11 is 5.77. The SMILES string of the molecule is CC(C)CCCCCNC(=O)c1ccc(Cl)cc1. The van der Waals surface area contributed by atoms with Crippen molar-refractivity contribution in [2.24, 2.45) is 5.92 Å². The van der Waals surface area contributed by atoms with Crippen molar-refractivity contribution >= 4 is 17.5 Å². The van der Waals surface area contributed by atoms with E-state index in [1.807, 2.05) is 0 Å². The van der Waals surface area contributed by atoms with Gasteiger partial charge in [0.15, 0.2) is 0 Å².